The lowest BCUT2D eigenvalue weighted by Gasteiger charge is -2.14. The Morgan fingerprint density at radius 3 is 1.77 bits per heavy atom. The second-order valence-corrected chi connectivity index (χ2v) is 8.38. The molecule has 31 heavy (non-hydrogen) atoms. The van der Waals surface area contributed by atoms with Crippen molar-refractivity contribution in [1.82, 2.24) is 0 Å². The molecule has 0 aliphatic heterocycles. The first-order chi connectivity index (χ1) is 15.3. The lowest BCUT2D eigenvalue weighted by atomic mass is 9.89. The zero-order chi connectivity index (χ0) is 20.5. The van der Waals surface area contributed by atoms with Gasteiger partial charge in [0.15, 0.2) is 0 Å². The molecule has 2 N–H and O–H groups in total. The van der Waals surface area contributed by atoms with Crippen LogP contribution >= 0.6 is 0 Å². The van der Waals surface area contributed by atoms with Gasteiger partial charge in [0.2, 0.25) is 0 Å². The summed E-state index contributed by atoms with van der Waals surface area (Å²) in [4.78, 5) is 0. The Morgan fingerprint density at radius 2 is 0.968 bits per heavy atom. The standard InChI is InChI=1S/C30H19N/c31-19-14-12-18(13-15-19)26-16-28-25-11-5-10-24-20-6-1-4-9-23(20)29(30(24)25)17-27(28)22-8-3-2-7-21(22)26/h1-17H,31H2. The van der Waals surface area contributed by atoms with Crippen LogP contribution in [-0.4, -0.2) is 0 Å². The van der Waals surface area contributed by atoms with Crippen molar-refractivity contribution < 1.29 is 0 Å². The van der Waals surface area contributed by atoms with Crippen LogP contribution < -0.4 is 5.73 Å². The quantitative estimate of drug-likeness (QED) is 0.222. The van der Waals surface area contributed by atoms with E-state index in [1.165, 1.54) is 65.7 Å². The average Bonchev–Trinajstić information content (AvgIpc) is 3.15. The molecule has 0 heterocycles. The fourth-order valence-corrected chi connectivity index (χ4v) is 5.35. The van der Waals surface area contributed by atoms with Crippen LogP contribution in [0.3, 0.4) is 0 Å². The first kappa shape index (κ1) is 16.7. The van der Waals surface area contributed by atoms with Crippen molar-refractivity contribution in [2.75, 3.05) is 5.73 Å². The van der Waals surface area contributed by atoms with E-state index in [4.69, 9.17) is 5.73 Å². The molecule has 0 saturated carbocycles. The Morgan fingerprint density at radius 1 is 0.387 bits per heavy atom. The van der Waals surface area contributed by atoms with E-state index in [0.717, 1.165) is 5.69 Å². The topological polar surface area (TPSA) is 26.0 Å². The molecule has 1 aliphatic rings. The number of rotatable bonds is 1. The van der Waals surface area contributed by atoms with Gasteiger partial charge in [-0.3, -0.25) is 0 Å². The SMILES string of the molecule is Nc1ccc(-c2cc3c4cccc5c4c(cc3c3ccccc23)-c2ccccc2-5)cc1. The minimum atomic E-state index is 0.789. The molecule has 0 atom stereocenters. The monoisotopic (exact) mass is 393 g/mol. The van der Waals surface area contributed by atoms with Crippen LogP contribution in [0.15, 0.2) is 103 Å². The molecule has 6 aromatic carbocycles. The van der Waals surface area contributed by atoms with Crippen molar-refractivity contribution in [3.8, 4) is 33.4 Å². The Kier molecular flexibility index (Phi) is 3.21. The van der Waals surface area contributed by atoms with E-state index in [9.17, 15) is 0 Å². The summed E-state index contributed by atoms with van der Waals surface area (Å²) >= 11 is 0. The fraction of sp³-hybridized carbons (Fsp3) is 0. The lowest BCUT2D eigenvalue weighted by Crippen LogP contribution is -1.88. The predicted octanol–water partition coefficient (Wildman–Crippen LogP) is 8.04. The van der Waals surface area contributed by atoms with Gasteiger partial charge in [0, 0.05) is 5.69 Å². The highest BCUT2D eigenvalue weighted by Crippen LogP contribution is 2.50. The first-order valence-electron chi connectivity index (χ1n) is 10.7. The predicted molar refractivity (Wildman–Crippen MR) is 133 cm³/mol. The summed E-state index contributed by atoms with van der Waals surface area (Å²) < 4.78 is 0. The molecule has 1 nitrogen and oxygen atoms in total. The van der Waals surface area contributed by atoms with Crippen molar-refractivity contribution in [3.05, 3.63) is 103 Å². The molecular formula is C30H19N. The second kappa shape index (κ2) is 5.96. The number of anilines is 1. The molecule has 6 aromatic rings. The summed E-state index contributed by atoms with van der Waals surface area (Å²) in [6.07, 6.45) is 0. The van der Waals surface area contributed by atoms with Gasteiger partial charge in [0.25, 0.3) is 0 Å². The lowest BCUT2D eigenvalue weighted by molar-refractivity contribution is 1.65. The maximum Gasteiger partial charge on any atom is 0.0314 e. The summed E-state index contributed by atoms with van der Waals surface area (Å²) in [6, 6.07) is 37.2. The van der Waals surface area contributed by atoms with Crippen molar-refractivity contribution in [2.24, 2.45) is 0 Å². The molecule has 7 rings (SSSR count). The van der Waals surface area contributed by atoms with E-state index in [-0.39, 0.29) is 0 Å². The molecular weight excluding hydrogens is 374 g/mol. The molecule has 0 fully saturated rings. The van der Waals surface area contributed by atoms with Gasteiger partial charge >= 0.3 is 0 Å². The minimum Gasteiger partial charge on any atom is -0.399 e. The molecule has 0 aromatic heterocycles. The van der Waals surface area contributed by atoms with Gasteiger partial charge in [-0.1, -0.05) is 78.9 Å². The third kappa shape index (κ3) is 2.21. The molecule has 0 saturated heterocycles. The zero-order valence-electron chi connectivity index (χ0n) is 16.9. The van der Waals surface area contributed by atoms with E-state index in [1.54, 1.807) is 0 Å². The minimum absolute atomic E-state index is 0.789. The van der Waals surface area contributed by atoms with Gasteiger partial charge in [-0.2, -0.15) is 0 Å². The van der Waals surface area contributed by atoms with Crippen LogP contribution in [-0.2, 0) is 0 Å². The van der Waals surface area contributed by atoms with Crippen LogP contribution in [0.2, 0.25) is 0 Å². The molecule has 0 amide bonds. The molecule has 0 spiro atoms. The Bertz CT molecular complexity index is 1670. The smallest absolute Gasteiger partial charge is 0.0314 e. The third-order valence-corrected chi connectivity index (χ3v) is 6.73. The van der Waals surface area contributed by atoms with E-state index < -0.39 is 0 Å². The van der Waals surface area contributed by atoms with E-state index >= 15 is 0 Å². The van der Waals surface area contributed by atoms with Gasteiger partial charge in [-0.25, -0.2) is 0 Å². The molecule has 144 valence electrons. The molecule has 0 bridgehead atoms. The Hall–Kier alpha value is -4.10. The largest absolute Gasteiger partial charge is 0.399 e. The number of nitrogens with two attached hydrogens (primary N) is 1. The fourth-order valence-electron chi connectivity index (χ4n) is 5.35. The molecule has 0 unspecified atom stereocenters. The number of fused-ring (bicyclic) bond motifs is 7. The van der Waals surface area contributed by atoms with Crippen molar-refractivity contribution in [3.63, 3.8) is 0 Å². The maximum atomic E-state index is 5.96. The molecule has 0 radical (unpaired) electrons. The number of hydrogen-bond acceptors (Lipinski definition) is 1. The summed E-state index contributed by atoms with van der Waals surface area (Å²) in [5.74, 6) is 0. The summed E-state index contributed by atoms with van der Waals surface area (Å²) in [5.41, 5.74) is 14.6. The van der Waals surface area contributed by atoms with Crippen LogP contribution in [0.1, 0.15) is 0 Å². The van der Waals surface area contributed by atoms with Gasteiger partial charge < -0.3 is 5.73 Å². The Balaban J connectivity index is 1.69. The van der Waals surface area contributed by atoms with Crippen LogP contribution in [0.25, 0.3) is 65.7 Å². The van der Waals surface area contributed by atoms with E-state index in [2.05, 4.69) is 91.0 Å². The third-order valence-electron chi connectivity index (χ3n) is 6.73. The second-order valence-electron chi connectivity index (χ2n) is 8.38. The van der Waals surface area contributed by atoms with Gasteiger partial charge in [0.1, 0.15) is 0 Å². The van der Waals surface area contributed by atoms with Crippen LogP contribution in [0.4, 0.5) is 5.69 Å². The first-order valence-corrected chi connectivity index (χ1v) is 10.7. The normalized spacial score (nSPS) is 12.0. The highest BCUT2D eigenvalue weighted by atomic mass is 14.5. The Labute approximate surface area is 180 Å². The van der Waals surface area contributed by atoms with Crippen molar-refractivity contribution in [1.29, 1.82) is 0 Å². The van der Waals surface area contributed by atoms with Gasteiger partial charge in [-0.15, -0.1) is 0 Å². The van der Waals surface area contributed by atoms with Crippen molar-refractivity contribution >= 4 is 38.0 Å². The van der Waals surface area contributed by atoms with E-state index in [1.807, 2.05) is 12.1 Å². The number of benzene rings is 6. The average molecular weight is 393 g/mol. The highest BCUT2D eigenvalue weighted by Gasteiger charge is 2.23. The summed E-state index contributed by atoms with van der Waals surface area (Å²) in [6.45, 7) is 0. The maximum absolute atomic E-state index is 5.96. The number of hydrogen-bond donors (Lipinski definition) is 1. The van der Waals surface area contributed by atoms with Crippen molar-refractivity contribution in [2.45, 2.75) is 0 Å². The van der Waals surface area contributed by atoms with Crippen LogP contribution in [0.5, 0.6) is 0 Å². The van der Waals surface area contributed by atoms with Crippen LogP contribution in [0, 0.1) is 0 Å². The van der Waals surface area contributed by atoms with Gasteiger partial charge in [0.05, 0.1) is 0 Å². The zero-order valence-corrected chi connectivity index (χ0v) is 16.9. The highest BCUT2D eigenvalue weighted by molar-refractivity contribution is 6.28. The molecule has 1 aliphatic carbocycles. The van der Waals surface area contributed by atoms with Gasteiger partial charge in [-0.05, 0) is 90.0 Å². The number of nitrogen functional groups attached to an aromatic ring is 1. The summed E-state index contributed by atoms with van der Waals surface area (Å²) in [7, 11) is 0. The summed E-state index contributed by atoms with van der Waals surface area (Å²) in [5, 5.41) is 7.87. The van der Waals surface area contributed by atoms with E-state index in [0.29, 0.717) is 0 Å². The molecule has 1 heteroatoms.